The lowest BCUT2D eigenvalue weighted by Gasteiger charge is -2.39. The van der Waals surface area contributed by atoms with E-state index < -0.39 is 17.4 Å². The molecule has 178 valence electrons. The number of hydrogen-bond acceptors (Lipinski definition) is 5. The van der Waals surface area contributed by atoms with Gasteiger partial charge < -0.3 is 14.2 Å². The Bertz CT molecular complexity index is 1490. The van der Waals surface area contributed by atoms with Crippen molar-refractivity contribution < 1.29 is 23.8 Å². The van der Waals surface area contributed by atoms with Gasteiger partial charge in [-0.05, 0) is 70.8 Å². The summed E-state index contributed by atoms with van der Waals surface area (Å²) in [5, 5.41) is 0. The van der Waals surface area contributed by atoms with Gasteiger partial charge in [-0.2, -0.15) is 0 Å². The van der Waals surface area contributed by atoms with Gasteiger partial charge >= 0.3 is 11.9 Å². The number of ether oxygens (including phenoxy) is 3. The fourth-order valence-corrected chi connectivity index (χ4v) is 6.16. The lowest BCUT2D eigenvalue weighted by Crippen LogP contribution is -2.32. The minimum absolute atomic E-state index is 0.376. The number of rotatable bonds is 2. The van der Waals surface area contributed by atoms with Crippen molar-refractivity contribution in [2.24, 2.45) is 0 Å². The summed E-state index contributed by atoms with van der Waals surface area (Å²) in [7, 11) is 2.70. The Labute approximate surface area is 224 Å². The maximum atomic E-state index is 12.4. The lowest BCUT2D eigenvalue weighted by atomic mass is 9.66. The molecule has 2 aliphatic rings. The topological polar surface area (TPSA) is 61.8 Å². The number of esters is 2. The van der Waals surface area contributed by atoms with E-state index in [0.29, 0.717) is 22.6 Å². The van der Waals surface area contributed by atoms with Crippen LogP contribution in [0.3, 0.4) is 0 Å². The Kier molecular flexibility index (Phi) is 5.32. The van der Waals surface area contributed by atoms with Crippen molar-refractivity contribution in [2.45, 2.75) is 5.41 Å². The Morgan fingerprint density at radius 2 is 1.08 bits per heavy atom. The third kappa shape index (κ3) is 3.12. The number of halogens is 2. The average molecular weight is 606 g/mol. The molecule has 1 aliphatic heterocycles. The zero-order chi connectivity index (χ0) is 25.2. The van der Waals surface area contributed by atoms with Crippen molar-refractivity contribution in [3.63, 3.8) is 0 Å². The highest BCUT2D eigenvalue weighted by atomic mass is 79.9. The standard InChI is InChI=1S/C29H18Br2O5/c1-34-27(32)15-3-9-21-25(11-15)36-26-12-16(28(33)35-2)4-10-22(26)29(21)23-13-17(30)5-7-19(23)20-8-6-18(31)14-24(20)29/h3-14H,1-2H3. The van der Waals surface area contributed by atoms with Crippen LogP contribution < -0.4 is 4.74 Å². The summed E-state index contributed by atoms with van der Waals surface area (Å²) in [5.74, 6) is 0.127. The highest BCUT2D eigenvalue weighted by Gasteiger charge is 2.51. The summed E-state index contributed by atoms with van der Waals surface area (Å²) in [4.78, 5) is 24.7. The molecule has 7 heteroatoms. The quantitative estimate of drug-likeness (QED) is 0.195. The fraction of sp³-hybridized carbons (Fsp3) is 0.103. The van der Waals surface area contributed by atoms with E-state index in [9.17, 15) is 9.59 Å². The lowest BCUT2D eigenvalue weighted by molar-refractivity contribution is 0.0592. The number of carbonyl (C=O) groups excluding carboxylic acids is 2. The number of hydrogen-bond donors (Lipinski definition) is 0. The van der Waals surface area contributed by atoms with E-state index in [-0.39, 0.29) is 0 Å². The maximum Gasteiger partial charge on any atom is 0.337 e. The molecule has 4 aromatic rings. The molecule has 0 bridgehead atoms. The van der Waals surface area contributed by atoms with E-state index in [2.05, 4.69) is 56.1 Å². The third-order valence-electron chi connectivity index (χ3n) is 6.89. The highest BCUT2D eigenvalue weighted by molar-refractivity contribution is 9.10. The molecule has 1 heterocycles. The van der Waals surface area contributed by atoms with Crippen LogP contribution in [0.5, 0.6) is 11.5 Å². The Hall–Kier alpha value is -3.42. The summed E-state index contributed by atoms with van der Waals surface area (Å²) >= 11 is 7.34. The van der Waals surface area contributed by atoms with E-state index in [4.69, 9.17) is 14.2 Å². The first-order chi connectivity index (χ1) is 17.4. The minimum atomic E-state index is -0.746. The largest absolute Gasteiger partial charge is 0.465 e. The first kappa shape index (κ1) is 23.0. The fourth-order valence-electron chi connectivity index (χ4n) is 5.43. The highest BCUT2D eigenvalue weighted by Crippen LogP contribution is 2.62. The van der Waals surface area contributed by atoms with Gasteiger partial charge in [0, 0.05) is 20.1 Å². The molecule has 4 aromatic carbocycles. The van der Waals surface area contributed by atoms with Crippen LogP contribution in [0.1, 0.15) is 43.0 Å². The van der Waals surface area contributed by atoms with Gasteiger partial charge in [0.1, 0.15) is 11.5 Å². The van der Waals surface area contributed by atoms with Crippen LogP contribution >= 0.6 is 31.9 Å². The first-order valence-corrected chi connectivity index (χ1v) is 12.7. The van der Waals surface area contributed by atoms with Crippen molar-refractivity contribution in [3.8, 4) is 22.6 Å². The van der Waals surface area contributed by atoms with Crippen LogP contribution in [0.4, 0.5) is 0 Å². The van der Waals surface area contributed by atoms with E-state index in [0.717, 1.165) is 42.3 Å². The second-order valence-electron chi connectivity index (χ2n) is 8.64. The molecule has 1 aliphatic carbocycles. The number of carbonyl (C=O) groups is 2. The molecule has 5 nitrogen and oxygen atoms in total. The van der Waals surface area contributed by atoms with Crippen LogP contribution in [0.2, 0.25) is 0 Å². The second kappa shape index (κ2) is 8.32. The van der Waals surface area contributed by atoms with Crippen molar-refractivity contribution >= 4 is 43.8 Å². The average Bonchev–Trinajstić information content (AvgIpc) is 3.16. The van der Waals surface area contributed by atoms with Crippen molar-refractivity contribution in [3.05, 3.63) is 115 Å². The van der Waals surface area contributed by atoms with Gasteiger partial charge in [0.15, 0.2) is 0 Å². The molecule has 0 atom stereocenters. The molecule has 0 fully saturated rings. The van der Waals surface area contributed by atoms with Gasteiger partial charge in [-0.3, -0.25) is 0 Å². The molecule has 0 saturated carbocycles. The van der Waals surface area contributed by atoms with Crippen LogP contribution in [0, 0.1) is 0 Å². The molecule has 0 N–H and O–H groups in total. The molecule has 0 saturated heterocycles. The van der Waals surface area contributed by atoms with Gasteiger partial charge in [-0.1, -0.05) is 56.1 Å². The molecular formula is C29H18Br2O5. The van der Waals surface area contributed by atoms with Crippen LogP contribution in [0.15, 0.2) is 81.7 Å². The summed E-state index contributed by atoms with van der Waals surface area (Å²) in [6, 6.07) is 23.3. The zero-order valence-electron chi connectivity index (χ0n) is 19.2. The Morgan fingerprint density at radius 3 is 1.50 bits per heavy atom. The zero-order valence-corrected chi connectivity index (χ0v) is 22.4. The SMILES string of the molecule is COC(=O)c1ccc2c(c1)Oc1cc(C(=O)OC)ccc1C21c2cc(Br)ccc2-c2ccc(Br)cc21. The summed E-state index contributed by atoms with van der Waals surface area (Å²) in [6.45, 7) is 0. The molecule has 36 heavy (non-hydrogen) atoms. The predicted molar refractivity (Wildman–Crippen MR) is 142 cm³/mol. The van der Waals surface area contributed by atoms with Crippen molar-refractivity contribution in [2.75, 3.05) is 14.2 Å². The maximum absolute atomic E-state index is 12.4. The van der Waals surface area contributed by atoms with Gasteiger partial charge in [0.05, 0.1) is 30.8 Å². The monoisotopic (exact) mass is 604 g/mol. The van der Waals surface area contributed by atoms with Crippen LogP contribution in [-0.2, 0) is 14.9 Å². The van der Waals surface area contributed by atoms with E-state index in [1.807, 2.05) is 24.3 Å². The summed E-state index contributed by atoms with van der Waals surface area (Å²) in [5.41, 5.74) is 6.16. The molecule has 0 aromatic heterocycles. The van der Waals surface area contributed by atoms with Crippen LogP contribution in [-0.4, -0.2) is 26.2 Å². The second-order valence-corrected chi connectivity index (χ2v) is 10.5. The van der Waals surface area contributed by atoms with Crippen LogP contribution in [0.25, 0.3) is 11.1 Å². The van der Waals surface area contributed by atoms with E-state index in [1.165, 1.54) is 14.2 Å². The smallest absolute Gasteiger partial charge is 0.337 e. The van der Waals surface area contributed by atoms with Gasteiger partial charge in [0.25, 0.3) is 0 Å². The summed E-state index contributed by atoms with van der Waals surface area (Å²) < 4.78 is 18.2. The van der Waals surface area contributed by atoms with E-state index >= 15 is 0 Å². The molecule has 6 rings (SSSR count). The number of benzene rings is 4. The molecular weight excluding hydrogens is 588 g/mol. The minimum Gasteiger partial charge on any atom is -0.465 e. The number of fused-ring (bicyclic) bond motifs is 9. The predicted octanol–water partition coefficient (Wildman–Crippen LogP) is 7.25. The van der Waals surface area contributed by atoms with Crippen molar-refractivity contribution in [1.82, 2.24) is 0 Å². The number of methoxy groups -OCH3 is 2. The van der Waals surface area contributed by atoms with E-state index in [1.54, 1.807) is 24.3 Å². The molecule has 0 amide bonds. The Morgan fingerprint density at radius 1 is 0.639 bits per heavy atom. The summed E-state index contributed by atoms with van der Waals surface area (Å²) in [6.07, 6.45) is 0. The Balaban J connectivity index is 1.76. The van der Waals surface area contributed by atoms with Crippen molar-refractivity contribution in [1.29, 1.82) is 0 Å². The molecule has 0 radical (unpaired) electrons. The normalized spacial score (nSPS) is 13.7. The third-order valence-corrected chi connectivity index (χ3v) is 7.88. The molecule has 0 unspecified atom stereocenters. The van der Waals surface area contributed by atoms with Gasteiger partial charge in [-0.25, -0.2) is 9.59 Å². The van der Waals surface area contributed by atoms with Gasteiger partial charge in [0.2, 0.25) is 0 Å². The molecule has 1 spiro atoms. The van der Waals surface area contributed by atoms with Gasteiger partial charge in [-0.15, -0.1) is 0 Å². The first-order valence-electron chi connectivity index (χ1n) is 11.1.